The molecule has 1 heterocycles. The maximum atomic E-state index is 13.3. The summed E-state index contributed by atoms with van der Waals surface area (Å²) in [6.45, 7) is 3.38. The maximum absolute atomic E-state index is 13.3. The van der Waals surface area contributed by atoms with E-state index in [1.54, 1.807) is 11.7 Å². The first kappa shape index (κ1) is 29.9. The van der Waals surface area contributed by atoms with Crippen molar-refractivity contribution < 1.29 is 18.0 Å². The van der Waals surface area contributed by atoms with E-state index in [0.29, 0.717) is 18.4 Å². The number of fused-ring (bicyclic) bond motifs is 4. The van der Waals surface area contributed by atoms with E-state index in [-0.39, 0.29) is 5.03 Å². The first-order chi connectivity index (χ1) is 21.6. The van der Waals surface area contributed by atoms with Gasteiger partial charge in [0.15, 0.2) is 5.03 Å². The van der Waals surface area contributed by atoms with Crippen LogP contribution < -0.4 is 10.0 Å². The number of aromatic nitrogens is 2. The Balaban J connectivity index is 1.11. The molecule has 2 N–H and O–H groups in total. The van der Waals surface area contributed by atoms with Crippen LogP contribution in [0.4, 0.5) is 16.2 Å². The molecule has 0 bridgehead atoms. The van der Waals surface area contributed by atoms with E-state index in [1.165, 1.54) is 39.4 Å². The highest BCUT2D eigenvalue weighted by Crippen LogP contribution is 2.48. The lowest BCUT2D eigenvalue weighted by atomic mass is 9.87. The minimum absolute atomic E-state index is 0.173. The Morgan fingerprint density at radius 2 is 1.60 bits per heavy atom. The van der Waals surface area contributed by atoms with Crippen molar-refractivity contribution in [2.24, 2.45) is 23.9 Å². The van der Waals surface area contributed by atoms with Crippen LogP contribution in [0.15, 0.2) is 28.2 Å². The van der Waals surface area contributed by atoms with E-state index in [1.807, 2.05) is 25.0 Å². The highest BCUT2D eigenvalue weighted by Gasteiger charge is 2.38. The second-order valence-electron chi connectivity index (χ2n) is 13.3. The Labute approximate surface area is 264 Å². The zero-order valence-electron chi connectivity index (χ0n) is 26.2. The van der Waals surface area contributed by atoms with Gasteiger partial charge in [0.1, 0.15) is 0 Å². The van der Waals surface area contributed by atoms with Gasteiger partial charge >= 0.3 is 6.03 Å². The molecule has 236 valence electrons. The molecule has 10 nitrogen and oxygen atoms in total. The molecular weight excluding hydrogens is 588 g/mol. The molecule has 2 aromatic carbocycles. The number of benzene rings is 2. The summed E-state index contributed by atoms with van der Waals surface area (Å²) in [6.07, 6.45) is 11.4. The summed E-state index contributed by atoms with van der Waals surface area (Å²) in [5.41, 5.74) is 12.2. The number of aliphatic imine (C=N–C) groups is 1. The van der Waals surface area contributed by atoms with Gasteiger partial charge in [0.2, 0.25) is 6.08 Å². The standard InChI is InChI=1S/C34H40N6O4S/c1-4-39(2)18-26-17-31(37-40(26)3)45(43,44)38-34(42)36-33-28-10-6-8-21(28)12-25-14-23(16-30(25)33)22-13-24-11-20-7-5-9-27(20)32(35-19-41)29(24)15-22/h11-12,17,22-23H,4-10,13-16,18H2,1-3H3,(H2,36,38,42). The van der Waals surface area contributed by atoms with Crippen molar-refractivity contribution >= 4 is 33.5 Å². The second-order valence-corrected chi connectivity index (χ2v) is 14.9. The number of amides is 2. The molecule has 0 saturated heterocycles. The number of nitrogens with one attached hydrogen (secondary N) is 2. The fourth-order valence-electron chi connectivity index (χ4n) is 8.20. The van der Waals surface area contributed by atoms with Crippen LogP contribution in [-0.2, 0) is 79.8 Å². The molecule has 0 spiro atoms. The third kappa shape index (κ3) is 5.41. The highest BCUT2D eigenvalue weighted by molar-refractivity contribution is 7.90. The van der Waals surface area contributed by atoms with Gasteiger partial charge in [-0.2, -0.15) is 18.5 Å². The number of carbonyl (C=O) groups excluding carboxylic acids is 2. The van der Waals surface area contributed by atoms with Crippen molar-refractivity contribution in [2.75, 3.05) is 18.9 Å². The largest absolute Gasteiger partial charge is 0.333 e. The van der Waals surface area contributed by atoms with Crippen molar-refractivity contribution in [3.05, 3.63) is 68.4 Å². The van der Waals surface area contributed by atoms with Crippen LogP contribution in [0.3, 0.4) is 0 Å². The Morgan fingerprint density at radius 3 is 2.29 bits per heavy atom. The zero-order valence-corrected chi connectivity index (χ0v) is 27.0. The molecule has 2 unspecified atom stereocenters. The molecule has 0 aliphatic heterocycles. The van der Waals surface area contributed by atoms with Gasteiger partial charge in [-0.3, -0.25) is 4.68 Å². The van der Waals surface area contributed by atoms with Crippen molar-refractivity contribution in [2.45, 2.75) is 82.7 Å². The lowest BCUT2D eigenvalue weighted by Crippen LogP contribution is -2.35. The summed E-state index contributed by atoms with van der Waals surface area (Å²) in [4.78, 5) is 30.9. The van der Waals surface area contributed by atoms with Gasteiger partial charge in [0.25, 0.3) is 10.0 Å². The Morgan fingerprint density at radius 1 is 0.956 bits per heavy atom. The van der Waals surface area contributed by atoms with E-state index < -0.39 is 16.1 Å². The molecule has 3 aromatic rings. The lowest BCUT2D eigenvalue weighted by molar-refractivity contribution is 0.256. The number of isocyanates is 1. The van der Waals surface area contributed by atoms with E-state index >= 15 is 0 Å². The van der Waals surface area contributed by atoms with Gasteiger partial charge < -0.3 is 10.2 Å². The first-order valence-corrected chi connectivity index (χ1v) is 17.6. The van der Waals surface area contributed by atoms with Gasteiger partial charge in [0, 0.05) is 25.3 Å². The Kier molecular flexibility index (Phi) is 7.66. The molecule has 0 radical (unpaired) electrons. The number of rotatable bonds is 8. The first-order valence-electron chi connectivity index (χ1n) is 16.1. The van der Waals surface area contributed by atoms with E-state index in [4.69, 9.17) is 0 Å². The number of carbonyl (C=O) groups is 1. The Hall–Kier alpha value is -3.79. The van der Waals surface area contributed by atoms with Gasteiger partial charge in [-0.15, -0.1) is 0 Å². The minimum Gasteiger partial charge on any atom is -0.307 e. The quantitative estimate of drug-likeness (QED) is 0.280. The van der Waals surface area contributed by atoms with Crippen molar-refractivity contribution in [1.29, 1.82) is 0 Å². The van der Waals surface area contributed by atoms with Gasteiger partial charge in [-0.25, -0.2) is 14.3 Å². The summed E-state index contributed by atoms with van der Waals surface area (Å²) in [5.74, 6) is 0.802. The third-order valence-corrected chi connectivity index (χ3v) is 11.8. The molecule has 2 atom stereocenters. The van der Waals surface area contributed by atoms with Crippen LogP contribution in [0.5, 0.6) is 0 Å². The second kappa shape index (κ2) is 11.5. The fourth-order valence-corrected chi connectivity index (χ4v) is 9.12. The van der Waals surface area contributed by atoms with Gasteiger partial charge in [-0.1, -0.05) is 19.1 Å². The number of aryl methyl sites for hydroxylation is 3. The number of sulfonamides is 1. The average Bonchev–Trinajstić information content (AvgIpc) is 3.82. The van der Waals surface area contributed by atoms with E-state index in [2.05, 4.69) is 32.3 Å². The SMILES string of the molecule is CCN(C)Cc1cc(S(=O)(=O)NC(=O)Nc2c3c(cc4c2CC(C2Cc5cc6c(c(N=C=O)c5C2)CCC6)C4)CCC3)nn1C. The summed E-state index contributed by atoms with van der Waals surface area (Å²) in [5, 5.41) is 7.00. The van der Waals surface area contributed by atoms with Crippen LogP contribution in [0.2, 0.25) is 0 Å². The molecule has 0 fully saturated rings. The normalized spacial score (nSPS) is 19.6. The molecule has 0 saturated carbocycles. The van der Waals surface area contributed by atoms with Crippen LogP contribution in [-0.4, -0.2) is 48.8 Å². The molecule has 45 heavy (non-hydrogen) atoms. The lowest BCUT2D eigenvalue weighted by Gasteiger charge is -2.18. The molecule has 4 aliphatic carbocycles. The fraction of sp³-hybridized carbons (Fsp3) is 0.500. The summed E-state index contributed by atoms with van der Waals surface area (Å²) in [6, 6.07) is 5.42. The topological polar surface area (TPSA) is 126 Å². The smallest absolute Gasteiger partial charge is 0.307 e. The molecule has 4 aliphatic rings. The van der Waals surface area contributed by atoms with Crippen LogP contribution in [0.25, 0.3) is 0 Å². The van der Waals surface area contributed by atoms with Crippen molar-refractivity contribution in [3.63, 3.8) is 0 Å². The zero-order chi connectivity index (χ0) is 31.5. The molecule has 1 aromatic heterocycles. The number of urea groups is 1. The van der Waals surface area contributed by atoms with Crippen LogP contribution in [0, 0.1) is 11.8 Å². The van der Waals surface area contributed by atoms with Gasteiger partial charge in [0.05, 0.1) is 11.4 Å². The van der Waals surface area contributed by atoms with Crippen LogP contribution >= 0.6 is 0 Å². The van der Waals surface area contributed by atoms with Crippen molar-refractivity contribution in [1.82, 2.24) is 19.4 Å². The minimum atomic E-state index is -4.17. The van der Waals surface area contributed by atoms with Crippen LogP contribution in [0.1, 0.15) is 70.0 Å². The molecule has 2 amide bonds. The highest BCUT2D eigenvalue weighted by atomic mass is 32.2. The molecular formula is C34H40N6O4S. The number of anilines is 1. The monoisotopic (exact) mass is 628 g/mol. The maximum Gasteiger partial charge on any atom is 0.333 e. The Bertz CT molecular complexity index is 1870. The molecule has 7 rings (SSSR count). The predicted octanol–water partition coefficient (Wildman–Crippen LogP) is 4.46. The van der Waals surface area contributed by atoms with Gasteiger partial charge in [-0.05, 0) is 134 Å². The third-order valence-electron chi connectivity index (χ3n) is 10.6. The average molecular weight is 629 g/mol. The summed E-state index contributed by atoms with van der Waals surface area (Å²) < 4.78 is 30.2. The van der Waals surface area contributed by atoms with E-state index in [9.17, 15) is 18.0 Å². The summed E-state index contributed by atoms with van der Waals surface area (Å²) >= 11 is 0. The van der Waals surface area contributed by atoms with Crippen molar-refractivity contribution in [3.8, 4) is 0 Å². The number of hydrogen-bond acceptors (Lipinski definition) is 7. The molecule has 11 heteroatoms. The number of nitrogens with zero attached hydrogens (tertiary/aromatic N) is 4. The predicted molar refractivity (Wildman–Crippen MR) is 171 cm³/mol. The van der Waals surface area contributed by atoms with E-state index in [0.717, 1.165) is 98.9 Å². The summed E-state index contributed by atoms with van der Waals surface area (Å²) in [7, 11) is -0.514. The number of hydrogen-bond donors (Lipinski definition) is 2.